The molecule has 3 aromatic rings. The second kappa shape index (κ2) is 10.2. The highest BCUT2D eigenvalue weighted by molar-refractivity contribution is 5.95. The van der Waals surface area contributed by atoms with E-state index in [2.05, 4.69) is 15.6 Å². The Morgan fingerprint density at radius 1 is 0.968 bits per heavy atom. The zero-order valence-corrected chi connectivity index (χ0v) is 17.8. The van der Waals surface area contributed by atoms with E-state index in [1.165, 1.54) is 6.20 Å². The molecule has 2 N–H and O–H groups in total. The van der Waals surface area contributed by atoms with Crippen molar-refractivity contribution in [3.05, 3.63) is 83.2 Å². The van der Waals surface area contributed by atoms with Gasteiger partial charge in [-0.1, -0.05) is 12.1 Å². The third-order valence-electron chi connectivity index (χ3n) is 4.70. The molecule has 0 radical (unpaired) electrons. The first-order chi connectivity index (χ1) is 15.0. The van der Waals surface area contributed by atoms with Crippen molar-refractivity contribution < 1.29 is 19.1 Å². The number of pyridine rings is 1. The topological polar surface area (TPSA) is 89.6 Å². The molecule has 0 aliphatic heterocycles. The highest BCUT2D eigenvalue weighted by Gasteiger charge is 2.10. The quantitative estimate of drug-likeness (QED) is 0.583. The van der Waals surface area contributed by atoms with E-state index in [4.69, 9.17) is 9.47 Å². The van der Waals surface area contributed by atoms with Gasteiger partial charge in [0.2, 0.25) is 0 Å². The molecule has 0 atom stereocenters. The number of benzene rings is 2. The molecule has 0 saturated carbocycles. The molecule has 1 aromatic heterocycles. The van der Waals surface area contributed by atoms with Gasteiger partial charge < -0.3 is 20.1 Å². The molecule has 31 heavy (non-hydrogen) atoms. The van der Waals surface area contributed by atoms with Gasteiger partial charge in [-0.15, -0.1) is 0 Å². The maximum Gasteiger partial charge on any atom is 0.269 e. The molecule has 0 bridgehead atoms. The Hall–Kier alpha value is -3.87. The number of carbonyl (C=O) groups excluding carboxylic acids is 2. The van der Waals surface area contributed by atoms with Crippen molar-refractivity contribution in [1.29, 1.82) is 0 Å². The summed E-state index contributed by atoms with van der Waals surface area (Å²) in [6.45, 7) is 2.37. The Morgan fingerprint density at radius 3 is 2.52 bits per heavy atom. The predicted molar refractivity (Wildman–Crippen MR) is 118 cm³/mol. The van der Waals surface area contributed by atoms with Crippen LogP contribution < -0.4 is 20.1 Å². The van der Waals surface area contributed by atoms with Gasteiger partial charge in [0.15, 0.2) is 0 Å². The second-order valence-corrected chi connectivity index (χ2v) is 6.89. The molecule has 7 nitrogen and oxygen atoms in total. The van der Waals surface area contributed by atoms with Gasteiger partial charge in [0, 0.05) is 31.4 Å². The molecular formula is C24H25N3O4. The Labute approximate surface area is 181 Å². The second-order valence-electron chi connectivity index (χ2n) is 6.89. The molecule has 0 aliphatic carbocycles. The summed E-state index contributed by atoms with van der Waals surface area (Å²) in [7, 11) is 3.15. The number of amides is 2. The van der Waals surface area contributed by atoms with E-state index in [0.29, 0.717) is 30.0 Å². The number of methoxy groups -OCH3 is 1. The molecule has 7 heteroatoms. The van der Waals surface area contributed by atoms with Crippen molar-refractivity contribution in [3.8, 4) is 17.2 Å². The first-order valence-corrected chi connectivity index (χ1v) is 9.88. The SMILES string of the molecule is CNC(=O)c1cc(Oc2cccc(CCNC(=O)c3ccc(OC)cc3C)c2)ccn1. The lowest BCUT2D eigenvalue weighted by molar-refractivity contribution is 0.0947. The lowest BCUT2D eigenvalue weighted by atomic mass is 10.1. The van der Waals surface area contributed by atoms with Crippen LogP contribution in [-0.4, -0.2) is 37.5 Å². The summed E-state index contributed by atoms with van der Waals surface area (Å²) < 4.78 is 11.0. The van der Waals surface area contributed by atoms with Gasteiger partial charge in [0.1, 0.15) is 22.9 Å². The predicted octanol–water partition coefficient (Wildman–Crippen LogP) is 3.52. The minimum Gasteiger partial charge on any atom is -0.497 e. The third-order valence-corrected chi connectivity index (χ3v) is 4.70. The van der Waals surface area contributed by atoms with Crippen LogP contribution in [0.1, 0.15) is 32.0 Å². The van der Waals surface area contributed by atoms with Gasteiger partial charge in [-0.2, -0.15) is 0 Å². The van der Waals surface area contributed by atoms with Gasteiger partial charge >= 0.3 is 0 Å². The maximum atomic E-state index is 12.5. The van der Waals surface area contributed by atoms with E-state index < -0.39 is 0 Å². The molecule has 3 rings (SSSR count). The van der Waals surface area contributed by atoms with Crippen molar-refractivity contribution in [2.24, 2.45) is 0 Å². The van der Waals surface area contributed by atoms with Crippen LogP contribution >= 0.6 is 0 Å². The van der Waals surface area contributed by atoms with E-state index in [1.807, 2.05) is 37.3 Å². The minimum atomic E-state index is -0.276. The Morgan fingerprint density at radius 2 is 1.77 bits per heavy atom. The summed E-state index contributed by atoms with van der Waals surface area (Å²) in [4.78, 5) is 28.2. The minimum absolute atomic E-state index is 0.119. The molecule has 0 unspecified atom stereocenters. The molecule has 1 heterocycles. The zero-order valence-electron chi connectivity index (χ0n) is 17.8. The number of aromatic nitrogens is 1. The highest BCUT2D eigenvalue weighted by atomic mass is 16.5. The Bertz CT molecular complexity index is 1080. The van der Waals surface area contributed by atoms with Crippen molar-refractivity contribution in [1.82, 2.24) is 15.6 Å². The van der Waals surface area contributed by atoms with Crippen molar-refractivity contribution in [3.63, 3.8) is 0 Å². The van der Waals surface area contributed by atoms with Crippen LogP contribution in [-0.2, 0) is 6.42 Å². The average Bonchev–Trinajstić information content (AvgIpc) is 2.78. The zero-order chi connectivity index (χ0) is 22.2. The van der Waals surface area contributed by atoms with E-state index in [9.17, 15) is 9.59 Å². The number of rotatable bonds is 8. The van der Waals surface area contributed by atoms with Crippen molar-refractivity contribution in [2.45, 2.75) is 13.3 Å². The van der Waals surface area contributed by atoms with Gasteiger partial charge in [-0.25, -0.2) is 0 Å². The normalized spacial score (nSPS) is 10.3. The standard InChI is InChI=1S/C24H25N3O4/c1-16-13-18(30-3)7-8-21(16)23(28)27-11-9-17-5-4-6-19(14-17)31-20-10-12-26-22(15-20)24(29)25-2/h4-8,10,12-15H,9,11H2,1-3H3,(H,25,29)(H,27,28). The van der Waals surface area contributed by atoms with Crippen LogP contribution in [0.25, 0.3) is 0 Å². The van der Waals surface area contributed by atoms with Gasteiger partial charge in [0.05, 0.1) is 7.11 Å². The van der Waals surface area contributed by atoms with E-state index in [-0.39, 0.29) is 17.5 Å². The third kappa shape index (κ3) is 5.82. The van der Waals surface area contributed by atoms with Crippen LogP contribution in [0, 0.1) is 6.92 Å². The Kier molecular flexibility index (Phi) is 7.22. The fourth-order valence-corrected chi connectivity index (χ4v) is 3.06. The van der Waals surface area contributed by atoms with Gasteiger partial charge in [0.25, 0.3) is 11.8 Å². The average molecular weight is 419 g/mol. The van der Waals surface area contributed by atoms with E-state index >= 15 is 0 Å². The Balaban J connectivity index is 1.58. The number of nitrogens with one attached hydrogen (secondary N) is 2. The molecule has 2 amide bonds. The largest absolute Gasteiger partial charge is 0.497 e. The summed E-state index contributed by atoms with van der Waals surface area (Å²) in [5.74, 6) is 1.49. The lowest BCUT2D eigenvalue weighted by Crippen LogP contribution is -2.26. The van der Waals surface area contributed by atoms with Crippen LogP contribution in [0.4, 0.5) is 0 Å². The molecule has 2 aromatic carbocycles. The number of carbonyl (C=O) groups is 2. The van der Waals surface area contributed by atoms with Crippen LogP contribution in [0.2, 0.25) is 0 Å². The van der Waals surface area contributed by atoms with Gasteiger partial charge in [-0.3, -0.25) is 14.6 Å². The van der Waals surface area contributed by atoms with E-state index in [1.54, 1.807) is 38.4 Å². The molecule has 0 spiro atoms. The number of aryl methyl sites for hydroxylation is 1. The number of nitrogens with zero attached hydrogens (tertiary/aromatic N) is 1. The van der Waals surface area contributed by atoms with Crippen molar-refractivity contribution >= 4 is 11.8 Å². The van der Waals surface area contributed by atoms with Crippen LogP contribution in [0.15, 0.2) is 60.8 Å². The summed E-state index contributed by atoms with van der Waals surface area (Å²) in [6.07, 6.45) is 2.18. The van der Waals surface area contributed by atoms with Crippen LogP contribution in [0.5, 0.6) is 17.2 Å². The fraction of sp³-hybridized carbons (Fsp3) is 0.208. The van der Waals surface area contributed by atoms with Crippen LogP contribution in [0.3, 0.4) is 0 Å². The fourth-order valence-electron chi connectivity index (χ4n) is 3.06. The summed E-state index contributed by atoms with van der Waals surface area (Å²) in [6, 6.07) is 16.3. The molecule has 0 fully saturated rings. The summed E-state index contributed by atoms with van der Waals surface area (Å²) in [5.41, 5.74) is 2.79. The maximum absolute atomic E-state index is 12.5. The van der Waals surface area contributed by atoms with E-state index in [0.717, 1.165) is 16.9 Å². The number of ether oxygens (including phenoxy) is 2. The van der Waals surface area contributed by atoms with Gasteiger partial charge in [-0.05, 0) is 60.9 Å². The smallest absolute Gasteiger partial charge is 0.269 e. The summed E-state index contributed by atoms with van der Waals surface area (Å²) >= 11 is 0. The summed E-state index contributed by atoms with van der Waals surface area (Å²) in [5, 5.41) is 5.48. The molecule has 0 aliphatic rings. The first kappa shape index (κ1) is 21.8. The first-order valence-electron chi connectivity index (χ1n) is 9.88. The lowest BCUT2D eigenvalue weighted by Gasteiger charge is -2.10. The molecule has 160 valence electrons. The number of hydrogen-bond acceptors (Lipinski definition) is 5. The molecular weight excluding hydrogens is 394 g/mol. The number of hydrogen-bond donors (Lipinski definition) is 2. The highest BCUT2D eigenvalue weighted by Crippen LogP contribution is 2.23. The molecule has 0 saturated heterocycles. The monoisotopic (exact) mass is 419 g/mol. The van der Waals surface area contributed by atoms with Crippen molar-refractivity contribution in [2.75, 3.05) is 20.7 Å².